The van der Waals surface area contributed by atoms with E-state index in [0.29, 0.717) is 40.0 Å². The number of nitrogens with zero attached hydrogens (tertiary/aromatic N) is 4. The Balaban J connectivity index is 1.27. The fraction of sp³-hybridized carbons (Fsp3) is 0. The molecule has 7 heteroatoms. The van der Waals surface area contributed by atoms with Crippen molar-refractivity contribution >= 4 is 55.0 Å². The van der Waals surface area contributed by atoms with Gasteiger partial charge in [-0.25, -0.2) is 19.9 Å². The van der Waals surface area contributed by atoms with Crippen LogP contribution in [0.3, 0.4) is 0 Å². The third-order valence-electron chi connectivity index (χ3n) is 8.57. The Morgan fingerprint density at radius 1 is 0.362 bits per heavy atom. The zero-order valence-corrected chi connectivity index (χ0v) is 24.7. The van der Waals surface area contributed by atoms with Crippen LogP contribution in [0.4, 0.5) is 0 Å². The van der Waals surface area contributed by atoms with Gasteiger partial charge in [-0.05, 0) is 30.3 Å². The minimum atomic E-state index is 0.478. The highest BCUT2D eigenvalue weighted by molar-refractivity contribution is 6.18. The number of para-hydroxylation sites is 2. The summed E-state index contributed by atoms with van der Waals surface area (Å²) in [5.41, 5.74) is 7.60. The number of rotatable bonds is 4. The van der Waals surface area contributed by atoms with Crippen LogP contribution in [0.2, 0.25) is 0 Å². The Morgan fingerprint density at radius 3 is 1.66 bits per heavy atom. The molecule has 6 aromatic carbocycles. The summed E-state index contributed by atoms with van der Waals surface area (Å²) in [4.78, 5) is 20.2. The van der Waals surface area contributed by atoms with Crippen LogP contribution in [0.25, 0.3) is 101 Å². The van der Waals surface area contributed by atoms with E-state index >= 15 is 0 Å². The second-order valence-electron chi connectivity index (χ2n) is 11.4. The zero-order valence-electron chi connectivity index (χ0n) is 24.7. The summed E-state index contributed by atoms with van der Waals surface area (Å²) in [7, 11) is 0. The molecule has 0 radical (unpaired) electrons. The molecule has 0 atom stereocenters. The number of aromatic nitrogens is 4. The highest BCUT2D eigenvalue weighted by Gasteiger charge is 2.24. The van der Waals surface area contributed by atoms with E-state index < -0.39 is 0 Å². The molecule has 0 saturated carbocycles. The Kier molecular flexibility index (Phi) is 5.44. The van der Waals surface area contributed by atoms with Gasteiger partial charge in [0.25, 0.3) is 0 Å². The van der Waals surface area contributed by atoms with Crippen molar-refractivity contribution < 1.29 is 13.3 Å². The van der Waals surface area contributed by atoms with Crippen LogP contribution < -0.4 is 0 Å². The first-order chi connectivity index (χ1) is 23.3. The van der Waals surface area contributed by atoms with Crippen LogP contribution in [0, 0.1) is 0 Å². The maximum Gasteiger partial charge on any atom is 0.227 e. The maximum absolute atomic E-state index is 6.51. The molecule has 47 heavy (non-hydrogen) atoms. The number of furan rings is 2. The zero-order chi connectivity index (χ0) is 30.9. The van der Waals surface area contributed by atoms with Crippen LogP contribution in [0.1, 0.15) is 0 Å². The molecule has 0 spiro atoms. The summed E-state index contributed by atoms with van der Waals surface area (Å²) in [6, 6.07) is 43.8. The minimum Gasteiger partial charge on any atom is -0.456 e. The van der Waals surface area contributed by atoms with Gasteiger partial charge in [0.1, 0.15) is 27.8 Å². The lowest BCUT2D eigenvalue weighted by Crippen LogP contribution is -2.01. The van der Waals surface area contributed by atoms with Crippen LogP contribution in [-0.4, -0.2) is 19.9 Å². The lowest BCUT2D eigenvalue weighted by Gasteiger charge is -2.09. The average Bonchev–Trinajstić information content (AvgIpc) is 3.84. The van der Waals surface area contributed by atoms with Gasteiger partial charge in [0.05, 0.1) is 5.56 Å². The van der Waals surface area contributed by atoms with E-state index in [9.17, 15) is 0 Å². The number of oxazole rings is 1. The third kappa shape index (κ3) is 4.07. The van der Waals surface area contributed by atoms with Crippen molar-refractivity contribution in [3.8, 4) is 45.6 Å². The van der Waals surface area contributed by atoms with Crippen molar-refractivity contribution in [2.75, 3.05) is 0 Å². The SMILES string of the molecule is c1ccc(-c2nc(-c3ccccc3)nc(-c3c4nc(-c5ccc6oc7ccccc7c6c5)oc4cc4oc5ccccc5c34)n2)cc1. The highest BCUT2D eigenvalue weighted by atomic mass is 16.4. The van der Waals surface area contributed by atoms with Gasteiger partial charge in [-0.1, -0.05) is 97.1 Å². The van der Waals surface area contributed by atoms with Crippen molar-refractivity contribution in [3.63, 3.8) is 0 Å². The molecule has 0 aliphatic heterocycles. The highest BCUT2D eigenvalue weighted by Crippen LogP contribution is 2.43. The van der Waals surface area contributed by atoms with Crippen LogP contribution in [0.15, 0.2) is 147 Å². The molecule has 0 N–H and O–H groups in total. The lowest BCUT2D eigenvalue weighted by atomic mass is 10.0. The van der Waals surface area contributed by atoms with Gasteiger partial charge in [0.15, 0.2) is 23.1 Å². The molecule has 0 fully saturated rings. The minimum absolute atomic E-state index is 0.478. The van der Waals surface area contributed by atoms with Crippen molar-refractivity contribution in [2.24, 2.45) is 0 Å². The van der Waals surface area contributed by atoms with Crippen molar-refractivity contribution in [1.29, 1.82) is 0 Å². The summed E-state index contributed by atoms with van der Waals surface area (Å²) in [5, 5.41) is 3.85. The average molecular weight is 607 g/mol. The number of hydrogen-bond acceptors (Lipinski definition) is 7. The summed E-state index contributed by atoms with van der Waals surface area (Å²) >= 11 is 0. The number of hydrogen-bond donors (Lipinski definition) is 0. The standard InChI is InChI=1S/C40H22N4O3/c1-3-11-23(12-4-1)37-42-38(24-13-5-2-6-14-24)44-39(43-37)35-34-27-16-8-10-18-30(27)46-32(34)22-33-36(35)41-40(47-33)25-19-20-31-28(21-25)26-15-7-9-17-29(26)45-31/h1-22H. The smallest absolute Gasteiger partial charge is 0.227 e. The quantitative estimate of drug-likeness (QED) is 0.197. The van der Waals surface area contributed by atoms with Gasteiger partial charge in [-0.15, -0.1) is 0 Å². The summed E-state index contributed by atoms with van der Waals surface area (Å²) in [6.45, 7) is 0. The summed E-state index contributed by atoms with van der Waals surface area (Å²) in [6.07, 6.45) is 0. The van der Waals surface area contributed by atoms with E-state index in [2.05, 4.69) is 12.1 Å². The molecule has 10 rings (SSSR count). The van der Waals surface area contributed by atoms with Crippen molar-refractivity contribution in [2.45, 2.75) is 0 Å². The van der Waals surface area contributed by atoms with Gasteiger partial charge in [-0.3, -0.25) is 0 Å². The molecule has 0 bridgehead atoms. The summed E-state index contributed by atoms with van der Waals surface area (Å²) in [5.74, 6) is 2.09. The molecular formula is C40H22N4O3. The Morgan fingerprint density at radius 2 is 0.936 bits per heavy atom. The Bertz CT molecular complexity index is 2740. The lowest BCUT2D eigenvalue weighted by molar-refractivity contribution is 0.617. The predicted octanol–water partition coefficient (Wildman–Crippen LogP) is 10.5. The van der Waals surface area contributed by atoms with Crippen LogP contribution in [-0.2, 0) is 0 Å². The molecule has 4 aromatic heterocycles. The van der Waals surface area contributed by atoms with E-state index in [1.54, 1.807) is 0 Å². The Hall–Kier alpha value is -6.60. The fourth-order valence-electron chi connectivity index (χ4n) is 6.39. The molecule has 0 saturated heterocycles. The second-order valence-corrected chi connectivity index (χ2v) is 11.4. The monoisotopic (exact) mass is 606 g/mol. The van der Waals surface area contributed by atoms with Gasteiger partial charge in [0.2, 0.25) is 5.89 Å². The molecule has 0 aliphatic rings. The number of benzene rings is 6. The molecule has 0 amide bonds. The summed E-state index contributed by atoms with van der Waals surface area (Å²) < 4.78 is 19.0. The first kappa shape index (κ1) is 25.7. The molecule has 0 unspecified atom stereocenters. The molecular weight excluding hydrogens is 584 g/mol. The van der Waals surface area contributed by atoms with E-state index in [0.717, 1.165) is 60.5 Å². The first-order valence-corrected chi connectivity index (χ1v) is 15.3. The largest absolute Gasteiger partial charge is 0.456 e. The van der Waals surface area contributed by atoms with Crippen molar-refractivity contribution in [1.82, 2.24) is 19.9 Å². The molecule has 4 heterocycles. The Labute approximate surface area is 266 Å². The number of fused-ring (bicyclic) bond motifs is 7. The van der Waals surface area contributed by atoms with E-state index in [4.69, 9.17) is 33.2 Å². The van der Waals surface area contributed by atoms with E-state index in [1.165, 1.54) is 0 Å². The van der Waals surface area contributed by atoms with Gasteiger partial charge >= 0.3 is 0 Å². The second kappa shape index (κ2) is 9.95. The first-order valence-electron chi connectivity index (χ1n) is 15.3. The molecule has 7 nitrogen and oxygen atoms in total. The topological polar surface area (TPSA) is 91.0 Å². The fourth-order valence-corrected chi connectivity index (χ4v) is 6.39. The predicted molar refractivity (Wildman–Crippen MR) is 184 cm³/mol. The van der Waals surface area contributed by atoms with Gasteiger partial charge in [-0.2, -0.15) is 0 Å². The molecule has 220 valence electrons. The third-order valence-corrected chi connectivity index (χ3v) is 8.57. The van der Waals surface area contributed by atoms with Gasteiger partial charge < -0.3 is 13.3 Å². The normalized spacial score (nSPS) is 11.8. The van der Waals surface area contributed by atoms with Crippen molar-refractivity contribution in [3.05, 3.63) is 133 Å². The van der Waals surface area contributed by atoms with E-state index in [1.807, 2.05) is 121 Å². The van der Waals surface area contributed by atoms with Crippen LogP contribution >= 0.6 is 0 Å². The van der Waals surface area contributed by atoms with Crippen LogP contribution in [0.5, 0.6) is 0 Å². The molecule has 10 aromatic rings. The molecule has 0 aliphatic carbocycles. The van der Waals surface area contributed by atoms with Gasteiger partial charge in [0, 0.05) is 44.3 Å². The maximum atomic E-state index is 6.51. The van der Waals surface area contributed by atoms with E-state index in [-0.39, 0.29) is 0 Å².